The molecule has 1 fully saturated rings. The molecule has 4 heteroatoms. The van der Waals surface area contributed by atoms with Crippen molar-refractivity contribution in [1.82, 2.24) is 15.4 Å². The van der Waals surface area contributed by atoms with E-state index in [1.54, 1.807) is 0 Å². The minimum Gasteiger partial charge on any atom is -0.361 e. The predicted molar refractivity (Wildman–Crippen MR) is 58.8 cm³/mol. The molecule has 1 aliphatic heterocycles. The van der Waals surface area contributed by atoms with Gasteiger partial charge in [-0.1, -0.05) is 12.1 Å². The summed E-state index contributed by atoms with van der Waals surface area (Å²) in [7, 11) is 0. The molecule has 0 amide bonds. The van der Waals surface area contributed by atoms with Crippen molar-refractivity contribution in [3.63, 3.8) is 0 Å². The van der Waals surface area contributed by atoms with Crippen LogP contribution >= 0.6 is 0 Å². The van der Waals surface area contributed by atoms with Crippen LogP contribution in [0.25, 0.3) is 0 Å². The molecular formula is C11H19N3O. The van der Waals surface area contributed by atoms with Crippen LogP contribution in [0.1, 0.15) is 23.9 Å². The second-order valence-electron chi connectivity index (χ2n) is 4.04. The van der Waals surface area contributed by atoms with Gasteiger partial charge < -0.3 is 9.84 Å². The molecule has 1 N–H and O–H groups in total. The van der Waals surface area contributed by atoms with Crippen molar-refractivity contribution in [2.75, 3.05) is 26.2 Å². The van der Waals surface area contributed by atoms with Crippen LogP contribution in [0.4, 0.5) is 0 Å². The van der Waals surface area contributed by atoms with Crippen LogP contribution in [-0.4, -0.2) is 36.2 Å². The lowest BCUT2D eigenvalue weighted by atomic mass is 10.1. The summed E-state index contributed by atoms with van der Waals surface area (Å²) in [5.41, 5.74) is 2.41. The Bertz CT molecular complexity index is 316. The molecule has 15 heavy (non-hydrogen) atoms. The van der Waals surface area contributed by atoms with Gasteiger partial charge in [-0.05, 0) is 13.3 Å². The van der Waals surface area contributed by atoms with Gasteiger partial charge in [-0.3, -0.25) is 4.90 Å². The summed E-state index contributed by atoms with van der Waals surface area (Å²) >= 11 is 0. The molecule has 0 aromatic carbocycles. The SMILES string of the molecule is CCc1noc(C)c1CN1CCNCC1. The monoisotopic (exact) mass is 209 g/mol. The summed E-state index contributed by atoms with van der Waals surface area (Å²) in [4.78, 5) is 2.45. The number of hydrogen-bond acceptors (Lipinski definition) is 4. The normalized spacial score (nSPS) is 18.3. The number of rotatable bonds is 3. The molecule has 0 spiro atoms. The average molecular weight is 209 g/mol. The van der Waals surface area contributed by atoms with Gasteiger partial charge in [0.2, 0.25) is 0 Å². The Morgan fingerprint density at radius 2 is 2.13 bits per heavy atom. The van der Waals surface area contributed by atoms with Crippen LogP contribution in [0.15, 0.2) is 4.52 Å². The van der Waals surface area contributed by atoms with Gasteiger partial charge in [0.05, 0.1) is 5.69 Å². The van der Waals surface area contributed by atoms with E-state index in [1.807, 2.05) is 6.92 Å². The zero-order chi connectivity index (χ0) is 10.7. The summed E-state index contributed by atoms with van der Waals surface area (Å²) in [6, 6.07) is 0. The molecule has 0 saturated carbocycles. The molecule has 0 radical (unpaired) electrons. The van der Waals surface area contributed by atoms with E-state index in [-0.39, 0.29) is 0 Å². The van der Waals surface area contributed by atoms with Gasteiger partial charge in [-0.15, -0.1) is 0 Å². The van der Waals surface area contributed by atoms with E-state index in [0.717, 1.165) is 50.6 Å². The summed E-state index contributed by atoms with van der Waals surface area (Å²) < 4.78 is 5.24. The van der Waals surface area contributed by atoms with Crippen LogP contribution in [0.2, 0.25) is 0 Å². The Morgan fingerprint density at radius 1 is 1.40 bits per heavy atom. The maximum absolute atomic E-state index is 5.24. The summed E-state index contributed by atoms with van der Waals surface area (Å²) in [6.07, 6.45) is 0.957. The molecule has 2 rings (SSSR count). The van der Waals surface area contributed by atoms with Gasteiger partial charge in [0.15, 0.2) is 0 Å². The molecule has 4 nitrogen and oxygen atoms in total. The number of nitrogens with one attached hydrogen (secondary N) is 1. The number of nitrogens with zero attached hydrogens (tertiary/aromatic N) is 2. The molecule has 0 atom stereocenters. The second kappa shape index (κ2) is 4.77. The van der Waals surface area contributed by atoms with Gasteiger partial charge in [0.25, 0.3) is 0 Å². The first-order valence-electron chi connectivity index (χ1n) is 5.68. The molecule has 1 aliphatic rings. The summed E-state index contributed by atoms with van der Waals surface area (Å²) in [5.74, 6) is 0.977. The number of hydrogen-bond donors (Lipinski definition) is 1. The lowest BCUT2D eigenvalue weighted by Gasteiger charge is -2.27. The first-order chi connectivity index (χ1) is 7.31. The molecule has 2 heterocycles. The van der Waals surface area contributed by atoms with E-state index < -0.39 is 0 Å². The van der Waals surface area contributed by atoms with Crippen molar-refractivity contribution in [1.29, 1.82) is 0 Å². The Morgan fingerprint density at radius 3 is 2.80 bits per heavy atom. The summed E-state index contributed by atoms with van der Waals surface area (Å²) in [6.45, 7) is 9.53. The molecule has 1 saturated heterocycles. The fourth-order valence-corrected chi connectivity index (χ4v) is 2.01. The van der Waals surface area contributed by atoms with E-state index in [1.165, 1.54) is 5.56 Å². The van der Waals surface area contributed by atoms with Gasteiger partial charge in [0.1, 0.15) is 5.76 Å². The third-order valence-electron chi connectivity index (χ3n) is 2.99. The Labute approximate surface area is 90.6 Å². The smallest absolute Gasteiger partial charge is 0.138 e. The molecule has 1 aromatic rings. The molecule has 0 unspecified atom stereocenters. The molecular weight excluding hydrogens is 190 g/mol. The Kier molecular flexibility index (Phi) is 3.38. The highest BCUT2D eigenvalue weighted by molar-refractivity contribution is 5.21. The highest BCUT2D eigenvalue weighted by atomic mass is 16.5. The van der Waals surface area contributed by atoms with E-state index in [4.69, 9.17) is 4.52 Å². The molecule has 84 valence electrons. The zero-order valence-corrected chi connectivity index (χ0v) is 9.55. The fourth-order valence-electron chi connectivity index (χ4n) is 2.01. The highest BCUT2D eigenvalue weighted by Crippen LogP contribution is 2.16. The predicted octanol–water partition coefficient (Wildman–Crippen LogP) is 0.951. The van der Waals surface area contributed by atoms with Crippen LogP contribution < -0.4 is 5.32 Å². The van der Waals surface area contributed by atoms with Crippen LogP contribution in [0.5, 0.6) is 0 Å². The van der Waals surface area contributed by atoms with Crippen molar-refractivity contribution in [3.05, 3.63) is 17.0 Å². The molecule has 1 aromatic heterocycles. The fraction of sp³-hybridized carbons (Fsp3) is 0.727. The third kappa shape index (κ3) is 2.38. The minimum absolute atomic E-state index is 0.957. The maximum Gasteiger partial charge on any atom is 0.138 e. The molecule has 0 bridgehead atoms. The van der Waals surface area contributed by atoms with Crippen molar-refractivity contribution in [2.24, 2.45) is 0 Å². The lowest BCUT2D eigenvalue weighted by molar-refractivity contribution is 0.231. The third-order valence-corrected chi connectivity index (χ3v) is 2.99. The van der Waals surface area contributed by atoms with Gasteiger partial charge in [-0.25, -0.2) is 0 Å². The zero-order valence-electron chi connectivity index (χ0n) is 9.55. The van der Waals surface area contributed by atoms with Crippen LogP contribution in [0.3, 0.4) is 0 Å². The second-order valence-corrected chi connectivity index (χ2v) is 4.04. The van der Waals surface area contributed by atoms with Gasteiger partial charge in [0, 0.05) is 38.3 Å². The molecule has 0 aliphatic carbocycles. The van der Waals surface area contributed by atoms with Gasteiger partial charge >= 0.3 is 0 Å². The first kappa shape index (κ1) is 10.6. The lowest BCUT2D eigenvalue weighted by Crippen LogP contribution is -2.43. The van der Waals surface area contributed by atoms with Crippen molar-refractivity contribution in [2.45, 2.75) is 26.8 Å². The number of aryl methyl sites for hydroxylation is 2. The van der Waals surface area contributed by atoms with E-state index in [0.29, 0.717) is 0 Å². The van der Waals surface area contributed by atoms with Crippen molar-refractivity contribution < 1.29 is 4.52 Å². The topological polar surface area (TPSA) is 41.3 Å². The highest BCUT2D eigenvalue weighted by Gasteiger charge is 2.16. The number of piperazine rings is 1. The Balaban J connectivity index is 2.04. The minimum atomic E-state index is 0.957. The van der Waals surface area contributed by atoms with Crippen molar-refractivity contribution >= 4 is 0 Å². The first-order valence-corrected chi connectivity index (χ1v) is 5.68. The maximum atomic E-state index is 5.24. The van der Waals surface area contributed by atoms with Crippen LogP contribution in [0, 0.1) is 6.92 Å². The standard InChI is InChI=1S/C11H19N3O/c1-3-11-10(9(2)15-13-11)8-14-6-4-12-5-7-14/h12H,3-8H2,1-2H3. The average Bonchev–Trinajstić information content (AvgIpc) is 2.62. The van der Waals surface area contributed by atoms with Crippen molar-refractivity contribution in [3.8, 4) is 0 Å². The van der Waals surface area contributed by atoms with E-state index >= 15 is 0 Å². The largest absolute Gasteiger partial charge is 0.361 e. The van der Waals surface area contributed by atoms with Gasteiger partial charge in [-0.2, -0.15) is 0 Å². The summed E-state index contributed by atoms with van der Waals surface area (Å²) in [5, 5.41) is 7.44. The number of aromatic nitrogens is 1. The quantitative estimate of drug-likeness (QED) is 0.804. The van der Waals surface area contributed by atoms with E-state index in [2.05, 4.69) is 22.3 Å². The van der Waals surface area contributed by atoms with E-state index in [9.17, 15) is 0 Å². The van der Waals surface area contributed by atoms with Crippen LogP contribution in [-0.2, 0) is 13.0 Å². The Hall–Kier alpha value is -0.870.